The van der Waals surface area contributed by atoms with E-state index >= 15 is 0 Å². The van der Waals surface area contributed by atoms with Crippen molar-refractivity contribution in [2.24, 2.45) is 0 Å². The number of aromatic nitrogens is 3. The predicted molar refractivity (Wildman–Crippen MR) is 114 cm³/mol. The summed E-state index contributed by atoms with van der Waals surface area (Å²) in [7, 11) is 0. The van der Waals surface area contributed by atoms with Crippen LogP contribution in [0.1, 0.15) is 50.9 Å². The lowest BCUT2D eigenvalue weighted by Gasteiger charge is -2.22. The molecule has 28 heavy (non-hydrogen) atoms. The van der Waals surface area contributed by atoms with Crippen LogP contribution in [0.5, 0.6) is 0 Å². The maximum Gasteiger partial charge on any atom is 0.0550 e. The summed E-state index contributed by atoms with van der Waals surface area (Å²) >= 11 is 0. The smallest absolute Gasteiger partial charge is 0.0550 e. The van der Waals surface area contributed by atoms with Crippen LogP contribution in [-0.4, -0.2) is 19.9 Å². The first-order chi connectivity index (χ1) is 13.3. The fourth-order valence-electron chi connectivity index (χ4n) is 3.87. The Labute approximate surface area is 168 Å². The summed E-state index contributed by atoms with van der Waals surface area (Å²) in [5, 5.41) is 0. The Morgan fingerprint density at radius 1 is 0.500 bits per heavy atom. The van der Waals surface area contributed by atoms with Crippen LogP contribution < -0.4 is 0 Å². The summed E-state index contributed by atoms with van der Waals surface area (Å²) < 4.78 is 0. The number of hydrogen-bond donors (Lipinski definition) is 0. The van der Waals surface area contributed by atoms with Crippen LogP contribution in [0, 0.1) is 41.5 Å². The van der Waals surface area contributed by atoms with Gasteiger partial charge in [-0.15, -0.1) is 0 Å². The van der Waals surface area contributed by atoms with E-state index in [9.17, 15) is 0 Å². The molecule has 0 radical (unpaired) electrons. The van der Waals surface area contributed by atoms with Crippen molar-refractivity contribution in [2.75, 3.05) is 0 Å². The van der Waals surface area contributed by atoms with Gasteiger partial charge in [0.25, 0.3) is 0 Å². The summed E-state index contributed by atoms with van der Waals surface area (Å²) in [6.45, 7) is 14.8. The van der Waals surface area contributed by atoms with Gasteiger partial charge in [-0.1, -0.05) is 0 Å². The molecule has 0 aliphatic carbocycles. The average Bonchev–Trinajstić information content (AvgIpc) is 2.51. The highest BCUT2D eigenvalue weighted by atomic mass is 15.1. The minimum absolute atomic E-state index is 0.770. The summed E-state index contributed by atoms with van der Waals surface area (Å²) in [4.78, 5) is 16.6. The van der Waals surface area contributed by atoms with Gasteiger partial charge in [0.05, 0.1) is 17.1 Å². The average molecular weight is 375 g/mol. The van der Waals surface area contributed by atoms with E-state index in [1.54, 1.807) is 0 Å². The standard InChI is InChI=1S/C24H30N4/c1-16-7-19(4)25-22(10-16)13-28(14-23-11-17(2)8-20(5)26-23)15-24-12-18(3)9-21(6)27-24/h7-12H,13-15H2,1-6H3. The lowest BCUT2D eigenvalue weighted by molar-refractivity contribution is 0.238. The Hall–Kier alpha value is -2.59. The molecule has 4 nitrogen and oxygen atoms in total. The molecule has 0 amide bonds. The van der Waals surface area contributed by atoms with Gasteiger partial charge >= 0.3 is 0 Å². The maximum absolute atomic E-state index is 4.74. The van der Waals surface area contributed by atoms with Crippen LogP contribution in [0.4, 0.5) is 0 Å². The Kier molecular flexibility index (Phi) is 6.20. The molecule has 0 saturated heterocycles. The second kappa shape index (κ2) is 8.61. The highest BCUT2D eigenvalue weighted by Gasteiger charge is 2.13. The molecule has 0 aliphatic rings. The highest BCUT2D eigenvalue weighted by Crippen LogP contribution is 2.15. The first kappa shape index (κ1) is 20.2. The van der Waals surface area contributed by atoms with Gasteiger partial charge in [-0.2, -0.15) is 0 Å². The normalized spacial score (nSPS) is 11.2. The van der Waals surface area contributed by atoms with Gasteiger partial charge in [0, 0.05) is 36.7 Å². The molecule has 0 N–H and O–H groups in total. The van der Waals surface area contributed by atoms with E-state index in [-0.39, 0.29) is 0 Å². The van der Waals surface area contributed by atoms with Gasteiger partial charge < -0.3 is 0 Å². The van der Waals surface area contributed by atoms with Crippen molar-refractivity contribution in [1.82, 2.24) is 19.9 Å². The highest BCUT2D eigenvalue weighted by molar-refractivity contribution is 5.22. The molecule has 3 rings (SSSR count). The van der Waals surface area contributed by atoms with E-state index in [0.29, 0.717) is 0 Å². The van der Waals surface area contributed by atoms with Crippen molar-refractivity contribution < 1.29 is 0 Å². The molecule has 0 spiro atoms. The molecule has 3 aromatic heterocycles. The molecule has 146 valence electrons. The van der Waals surface area contributed by atoms with Crippen molar-refractivity contribution >= 4 is 0 Å². The molecule has 3 aromatic rings. The Bertz CT molecular complexity index is 790. The number of aryl methyl sites for hydroxylation is 6. The van der Waals surface area contributed by atoms with Gasteiger partial charge in [-0.05, 0) is 94.6 Å². The largest absolute Gasteiger partial charge is 0.286 e. The predicted octanol–water partition coefficient (Wildman–Crippen LogP) is 4.92. The zero-order valence-electron chi connectivity index (χ0n) is 17.9. The molecule has 0 atom stereocenters. The zero-order chi connectivity index (χ0) is 20.3. The third-order valence-electron chi connectivity index (χ3n) is 4.61. The van der Waals surface area contributed by atoms with E-state index in [1.165, 1.54) is 16.7 Å². The molecule has 0 bridgehead atoms. The van der Waals surface area contributed by atoms with Crippen molar-refractivity contribution in [2.45, 2.75) is 61.2 Å². The number of hydrogen-bond acceptors (Lipinski definition) is 4. The van der Waals surface area contributed by atoms with E-state index in [0.717, 1.165) is 53.8 Å². The number of pyridine rings is 3. The maximum atomic E-state index is 4.74. The molecular formula is C24H30N4. The Morgan fingerprint density at radius 2 is 0.786 bits per heavy atom. The summed E-state index contributed by atoms with van der Waals surface area (Å²) in [6.07, 6.45) is 0. The molecule has 0 aromatic carbocycles. The van der Waals surface area contributed by atoms with Crippen LogP contribution in [-0.2, 0) is 19.6 Å². The Morgan fingerprint density at radius 3 is 1.04 bits per heavy atom. The summed E-state index contributed by atoms with van der Waals surface area (Å²) in [5.41, 5.74) is 10.2. The van der Waals surface area contributed by atoms with Gasteiger partial charge in [-0.25, -0.2) is 0 Å². The molecule has 0 unspecified atom stereocenters. The van der Waals surface area contributed by atoms with Gasteiger partial charge in [-0.3, -0.25) is 19.9 Å². The number of nitrogens with zero attached hydrogens (tertiary/aromatic N) is 4. The van der Waals surface area contributed by atoms with Gasteiger partial charge in [0.2, 0.25) is 0 Å². The van der Waals surface area contributed by atoms with Crippen molar-refractivity contribution in [3.05, 3.63) is 87.3 Å². The van der Waals surface area contributed by atoms with E-state index in [2.05, 4.69) is 82.8 Å². The van der Waals surface area contributed by atoms with E-state index < -0.39 is 0 Å². The van der Waals surface area contributed by atoms with Crippen LogP contribution in [0.3, 0.4) is 0 Å². The monoisotopic (exact) mass is 374 g/mol. The molecule has 0 fully saturated rings. The summed E-state index contributed by atoms with van der Waals surface area (Å²) in [6, 6.07) is 12.9. The molecule has 0 aliphatic heterocycles. The third kappa shape index (κ3) is 5.70. The van der Waals surface area contributed by atoms with Crippen molar-refractivity contribution in [3.8, 4) is 0 Å². The van der Waals surface area contributed by atoms with Gasteiger partial charge in [0.15, 0.2) is 0 Å². The van der Waals surface area contributed by atoms with Gasteiger partial charge in [0.1, 0.15) is 0 Å². The van der Waals surface area contributed by atoms with Crippen LogP contribution >= 0.6 is 0 Å². The Balaban J connectivity index is 1.89. The minimum Gasteiger partial charge on any atom is -0.286 e. The van der Waals surface area contributed by atoms with E-state index in [4.69, 9.17) is 15.0 Å². The quantitative estimate of drug-likeness (QED) is 0.614. The lowest BCUT2D eigenvalue weighted by atomic mass is 10.1. The molecular weight excluding hydrogens is 344 g/mol. The molecule has 3 heterocycles. The van der Waals surface area contributed by atoms with Crippen LogP contribution in [0.25, 0.3) is 0 Å². The fraction of sp³-hybridized carbons (Fsp3) is 0.375. The minimum atomic E-state index is 0.770. The van der Waals surface area contributed by atoms with Crippen LogP contribution in [0.2, 0.25) is 0 Å². The van der Waals surface area contributed by atoms with Crippen molar-refractivity contribution in [3.63, 3.8) is 0 Å². The zero-order valence-corrected chi connectivity index (χ0v) is 17.9. The fourth-order valence-corrected chi connectivity index (χ4v) is 3.87. The third-order valence-corrected chi connectivity index (χ3v) is 4.61. The molecule has 0 saturated carbocycles. The summed E-state index contributed by atoms with van der Waals surface area (Å²) in [5.74, 6) is 0. The van der Waals surface area contributed by atoms with Crippen LogP contribution in [0.15, 0.2) is 36.4 Å². The first-order valence-corrected chi connectivity index (χ1v) is 9.82. The topological polar surface area (TPSA) is 41.9 Å². The first-order valence-electron chi connectivity index (χ1n) is 9.82. The number of rotatable bonds is 6. The lowest BCUT2D eigenvalue weighted by Crippen LogP contribution is -2.24. The SMILES string of the molecule is Cc1cc(C)nc(CN(Cc2cc(C)cc(C)n2)Cc2cc(C)cc(C)n2)c1. The van der Waals surface area contributed by atoms with E-state index in [1.807, 2.05) is 0 Å². The van der Waals surface area contributed by atoms with Crippen molar-refractivity contribution in [1.29, 1.82) is 0 Å². The second-order valence-electron chi connectivity index (χ2n) is 7.98. The second-order valence-corrected chi connectivity index (χ2v) is 7.98. The molecule has 4 heteroatoms.